The first kappa shape index (κ1) is 19.8. The van der Waals surface area contributed by atoms with Gasteiger partial charge in [0, 0.05) is 36.8 Å². The van der Waals surface area contributed by atoms with Gasteiger partial charge in [0.25, 0.3) is 11.6 Å². The number of nitrogens with one attached hydrogen (secondary N) is 1. The molecule has 2 aromatic heterocycles. The lowest BCUT2D eigenvalue weighted by Crippen LogP contribution is -2.28. The van der Waals surface area contributed by atoms with Gasteiger partial charge in [-0.15, -0.1) is 0 Å². The van der Waals surface area contributed by atoms with Crippen LogP contribution >= 0.6 is 0 Å². The summed E-state index contributed by atoms with van der Waals surface area (Å²) in [5, 5.41) is 18.4. The maximum Gasteiger partial charge on any atom is 0.286 e. The lowest BCUT2D eigenvalue weighted by molar-refractivity contribution is -0.385. The number of hydrogen-bond acceptors (Lipinski definition) is 7. The van der Waals surface area contributed by atoms with Gasteiger partial charge in [-0.05, 0) is 18.2 Å². The van der Waals surface area contributed by atoms with Crippen LogP contribution in [0.25, 0.3) is 11.3 Å². The fraction of sp³-hybridized carbons (Fsp3) is 0.211. The number of nitro groups is 1. The van der Waals surface area contributed by atoms with Gasteiger partial charge in [-0.25, -0.2) is 0 Å². The normalized spacial score (nSPS) is 10.4. The summed E-state index contributed by atoms with van der Waals surface area (Å²) in [6.07, 6.45) is 5.16. The van der Waals surface area contributed by atoms with Crippen molar-refractivity contribution in [1.29, 1.82) is 0 Å². The van der Waals surface area contributed by atoms with E-state index in [0.717, 1.165) is 11.3 Å². The first-order chi connectivity index (χ1) is 14.0. The number of rotatable bonds is 8. The SMILES string of the molecule is COc1cc(C(=O)NCCn2ccc(-c3ccncc3)n2)c([N+](=O)[O-])cc1OC. The number of ether oxygens (including phenoxy) is 2. The minimum absolute atomic E-state index is 0.106. The molecule has 0 aliphatic heterocycles. The molecule has 0 saturated heterocycles. The highest BCUT2D eigenvalue weighted by Crippen LogP contribution is 2.34. The Balaban J connectivity index is 1.68. The van der Waals surface area contributed by atoms with Crippen LogP contribution in [0.5, 0.6) is 11.5 Å². The standard InChI is InChI=1S/C19H19N5O5/c1-28-17-11-14(16(24(26)27)12-18(17)29-2)19(25)21-8-10-23-9-5-15(22-23)13-3-6-20-7-4-13/h3-7,9,11-12H,8,10H2,1-2H3,(H,21,25). The average molecular weight is 397 g/mol. The van der Waals surface area contributed by atoms with E-state index in [1.807, 2.05) is 18.2 Å². The molecule has 150 valence electrons. The number of carbonyl (C=O) groups excluding carboxylic acids is 1. The molecular formula is C19H19N5O5. The number of amides is 1. The van der Waals surface area contributed by atoms with Crippen molar-refractivity contribution < 1.29 is 19.2 Å². The van der Waals surface area contributed by atoms with Crippen LogP contribution in [0.3, 0.4) is 0 Å². The highest BCUT2D eigenvalue weighted by Gasteiger charge is 2.24. The highest BCUT2D eigenvalue weighted by molar-refractivity contribution is 5.99. The predicted molar refractivity (Wildman–Crippen MR) is 104 cm³/mol. The second-order valence-corrected chi connectivity index (χ2v) is 5.94. The summed E-state index contributed by atoms with van der Waals surface area (Å²) in [4.78, 5) is 27.2. The van der Waals surface area contributed by atoms with Gasteiger partial charge in [-0.2, -0.15) is 5.10 Å². The van der Waals surface area contributed by atoms with Crippen molar-refractivity contribution in [1.82, 2.24) is 20.1 Å². The zero-order valence-electron chi connectivity index (χ0n) is 15.9. The Kier molecular flexibility index (Phi) is 6.03. The maximum absolute atomic E-state index is 12.5. The number of benzene rings is 1. The van der Waals surface area contributed by atoms with Crippen LogP contribution in [0.1, 0.15) is 10.4 Å². The fourth-order valence-electron chi connectivity index (χ4n) is 2.74. The molecule has 0 spiro atoms. The molecule has 1 amide bonds. The molecule has 0 saturated carbocycles. The molecular weight excluding hydrogens is 378 g/mol. The van der Waals surface area contributed by atoms with E-state index in [1.54, 1.807) is 23.3 Å². The number of methoxy groups -OCH3 is 2. The average Bonchev–Trinajstić information content (AvgIpc) is 3.22. The van der Waals surface area contributed by atoms with Gasteiger partial charge in [0.15, 0.2) is 11.5 Å². The van der Waals surface area contributed by atoms with Crippen LogP contribution in [0.15, 0.2) is 48.9 Å². The van der Waals surface area contributed by atoms with Gasteiger partial charge in [-0.3, -0.25) is 24.6 Å². The summed E-state index contributed by atoms with van der Waals surface area (Å²) in [5.74, 6) is -0.174. The number of carbonyl (C=O) groups is 1. The summed E-state index contributed by atoms with van der Waals surface area (Å²) in [7, 11) is 2.76. The van der Waals surface area contributed by atoms with E-state index in [2.05, 4.69) is 15.4 Å². The van der Waals surface area contributed by atoms with Crippen molar-refractivity contribution in [3.63, 3.8) is 0 Å². The molecule has 3 rings (SSSR count). The van der Waals surface area contributed by atoms with Crippen molar-refractivity contribution in [2.45, 2.75) is 6.54 Å². The Morgan fingerprint density at radius 3 is 2.52 bits per heavy atom. The van der Waals surface area contributed by atoms with Gasteiger partial charge in [0.05, 0.1) is 37.4 Å². The number of nitrogens with zero attached hydrogens (tertiary/aromatic N) is 4. The number of aromatic nitrogens is 3. The molecule has 0 unspecified atom stereocenters. The molecule has 1 aromatic carbocycles. The summed E-state index contributed by atoms with van der Waals surface area (Å²) in [6.45, 7) is 0.639. The summed E-state index contributed by atoms with van der Waals surface area (Å²) in [6, 6.07) is 8.02. The second kappa shape index (κ2) is 8.83. The van der Waals surface area contributed by atoms with Crippen molar-refractivity contribution >= 4 is 11.6 Å². The molecule has 10 nitrogen and oxygen atoms in total. The fourth-order valence-corrected chi connectivity index (χ4v) is 2.74. The quantitative estimate of drug-likeness (QED) is 0.457. The molecule has 10 heteroatoms. The molecule has 29 heavy (non-hydrogen) atoms. The van der Waals surface area contributed by atoms with E-state index in [-0.39, 0.29) is 29.3 Å². The van der Waals surface area contributed by atoms with Crippen molar-refractivity contribution in [3.05, 3.63) is 64.6 Å². The van der Waals surface area contributed by atoms with Crippen LogP contribution in [0, 0.1) is 10.1 Å². The topological polar surface area (TPSA) is 121 Å². The minimum Gasteiger partial charge on any atom is -0.493 e. The third kappa shape index (κ3) is 4.49. The van der Waals surface area contributed by atoms with E-state index in [4.69, 9.17) is 9.47 Å². The molecule has 0 radical (unpaired) electrons. The van der Waals surface area contributed by atoms with Crippen molar-refractivity contribution in [2.24, 2.45) is 0 Å². The summed E-state index contributed by atoms with van der Waals surface area (Å²) in [5.41, 5.74) is 1.25. The number of pyridine rings is 1. The smallest absolute Gasteiger partial charge is 0.286 e. The minimum atomic E-state index is -0.634. The number of nitro benzene ring substituents is 1. The van der Waals surface area contributed by atoms with E-state index in [0.29, 0.717) is 6.54 Å². The van der Waals surface area contributed by atoms with E-state index in [9.17, 15) is 14.9 Å². The Morgan fingerprint density at radius 1 is 1.17 bits per heavy atom. The Bertz CT molecular complexity index is 1020. The number of hydrogen-bond donors (Lipinski definition) is 1. The first-order valence-electron chi connectivity index (χ1n) is 8.66. The largest absolute Gasteiger partial charge is 0.493 e. The Hall–Kier alpha value is -3.95. The molecule has 0 aliphatic rings. The molecule has 0 aliphatic carbocycles. The third-order valence-corrected chi connectivity index (χ3v) is 4.19. The van der Waals surface area contributed by atoms with Gasteiger partial charge >= 0.3 is 0 Å². The zero-order valence-corrected chi connectivity index (χ0v) is 15.9. The zero-order chi connectivity index (χ0) is 20.8. The van der Waals surface area contributed by atoms with E-state index in [1.165, 1.54) is 26.4 Å². The van der Waals surface area contributed by atoms with Crippen LogP contribution in [-0.2, 0) is 6.54 Å². The first-order valence-corrected chi connectivity index (χ1v) is 8.66. The monoisotopic (exact) mass is 397 g/mol. The predicted octanol–water partition coefficient (Wildman–Crippen LogP) is 2.30. The molecule has 3 aromatic rings. The van der Waals surface area contributed by atoms with Crippen LogP contribution < -0.4 is 14.8 Å². The Labute approximate surface area is 166 Å². The Morgan fingerprint density at radius 2 is 1.86 bits per heavy atom. The third-order valence-electron chi connectivity index (χ3n) is 4.19. The van der Waals surface area contributed by atoms with Crippen molar-refractivity contribution in [3.8, 4) is 22.8 Å². The lowest BCUT2D eigenvalue weighted by atomic mass is 10.1. The summed E-state index contributed by atoms with van der Waals surface area (Å²) < 4.78 is 11.9. The molecule has 2 heterocycles. The lowest BCUT2D eigenvalue weighted by Gasteiger charge is -2.11. The van der Waals surface area contributed by atoms with Gasteiger partial charge in [-0.1, -0.05) is 0 Å². The van der Waals surface area contributed by atoms with E-state index >= 15 is 0 Å². The molecule has 0 bridgehead atoms. The van der Waals surface area contributed by atoms with Crippen LogP contribution in [0.4, 0.5) is 5.69 Å². The van der Waals surface area contributed by atoms with Crippen LogP contribution in [0.2, 0.25) is 0 Å². The van der Waals surface area contributed by atoms with Gasteiger partial charge in [0.1, 0.15) is 5.56 Å². The van der Waals surface area contributed by atoms with Gasteiger partial charge in [0.2, 0.25) is 0 Å². The van der Waals surface area contributed by atoms with E-state index < -0.39 is 10.8 Å². The van der Waals surface area contributed by atoms with Crippen molar-refractivity contribution in [2.75, 3.05) is 20.8 Å². The van der Waals surface area contributed by atoms with Gasteiger partial charge < -0.3 is 14.8 Å². The molecule has 0 fully saturated rings. The van der Waals surface area contributed by atoms with Crippen LogP contribution in [-0.4, -0.2) is 46.4 Å². The molecule has 0 atom stereocenters. The highest BCUT2D eigenvalue weighted by atomic mass is 16.6. The molecule has 1 N–H and O–H groups in total. The second-order valence-electron chi connectivity index (χ2n) is 5.94. The summed E-state index contributed by atoms with van der Waals surface area (Å²) >= 11 is 0. The maximum atomic E-state index is 12.5.